The first-order valence-corrected chi connectivity index (χ1v) is 8.98. The second-order valence-corrected chi connectivity index (χ2v) is 6.76. The van der Waals surface area contributed by atoms with Gasteiger partial charge in [-0.2, -0.15) is 5.10 Å². The van der Waals surface area contributed by atoms with Gasteiger partial charge in [-0.15, -0.1) is 0 Å². The number of azide groups is 1. The molecule has 0 amide bonds. The van der Waals surface area contributed by atoms with Crippen molar-refractivity contribution in [2.45, 2.75) is 45.4 Å². The quantitative estimate of drug-likeness (QED) is 0.365. The molecule has 1 aliphatic carbocycles. The fourth-order valence-electron chi connectivity index (χ4n) is 3.63. The van der Waals surface area contributed by atoms with Crippen LogP contribution in [0.3, 0.4) is 0 Å². The van der Waals surface area contributed by atoms with Crippen LogP contribution in [0.2, 0.25) is 0 Å². The fraction of sp³-hybridized carbons (Fsp3) is 0.350. The van der Waals surface area contributed by atoms with Crippen LogP contribution in [0.25, 0.3) is 21.3 Å². The highest BCUT2D eigenvalue weighted by Gasteiger charge is 2.22. The Morgan fingerprint density at radius 1 is 1.23 bits per heavy atom. The van der Waals surface area contributed by atoms with E-state index in [0.29, 0.717) is 13.2 Å². The molecule has 0 saturated heterocycles. The standard InChI is InChI=1S/C20H21N5O/c1-14(22-24-21)12-25-20-18(26-13-15-6-3-2-4-7-15)11-10-16-8-5-9-17(23-25)19(16)20/h2-4,6-7,10-11,14H,5,8-9,12-13H2,1H3. The van der Waals surface area contributed by atoms with Gasteiger partial charge in [0.2, 0.25) is 0 Å². The van der Waals surface area contributed by atoms with E-state index < -0.39 is 0 Å². The minimum atomic E-state index is -0.165. The van der Waals surface area contributed by atoms with Gasteiger partial charge in [0.15, 0.2) is 0 Å². The minimum absolute atomic E-state index is 0.165. The maximum atomic E-state index is 8.70. The lowest BCUT2D eigenvalue weighted by molar-refractivity contribution is 0.308. The van der Waals surface area contributed by atoms with Crippen molar-refractivity contribution in [3.63, 3.8) is 0 Å². The molecule has 6 heteroatoms. The summed E-state index contributed by atoms with van der Waals surface area (Å²) in [6, 6.07) is 14.2. The number of ether oxygens (including phenoxy) is 1. The van der Waals surface area contributed by atoms with Crippen molar-refractivity contribution < 1.29 is 4.74 Å². The van der Waals surface area contributed by atoms with Crippen molar-refractivity contribution >= 4 is 10.9 Å². The molecule has 1 aromatic heterocycles. The smallest absolute Gasteiger partial charge is 0.145 e. The van der Waals surface area contributed by atoms with Crippen molar-refractivity contribution in [2.75, 3.05) is 0 Å². The highest BCUT2D eigenvalue weighted by molar-refractivity contribution is 5.91. The summed E-state index contributed by atoms with van der Waals surface area (Å²) < 4.78 is 8.12. The number of aromatic nitrogens is 2. The van der Waals surface area contributed by atoms with E-state index in [1.807, 2.05) is 35.9 Å². The molecular weight excluding hydrogens is 326 g/mol. The molecule has 0 spiro atoms. The van der Waals surface area contributed by atoms with E-state index in [0.717, 1.165) is 41.8 Å². The Labute approximate surface area is 152 Å². The second-order valence-electron chi connectivity index (χ2n) is 6.76. The van der Waals surface area contributed by atoms with E-state index in [-0.39, 0.29) is 6.04 Å². The zero-order chi connectivity index (χ0) is 17.9. The maximum Gasteiger partial charge on any atom is 0.145 e. The lowest BCUT2D eigenvalue weighted by atomic mass is 9.94. The van der Waals surface area contributed by atoms with Crippen LogP contribution in [0.1, 0.15) is 30.2 Å². The first kappa shape index (κ1) is 16.5. The van der Waals surface area contributed by atoms with Gasteiger partial charge in [0.05, 0.1) is 11.7 Å². The van der Waals surface area contributed by atoms with Gasteiger partial charge in [0.1, 0.15) is 17.9 Å². The van der Waals surface area contributed by atoms with Gasteiger partial charge in [0, 0.05) is 16.8 Å². The van der Waals surface area contributed by atoms with Crippen LogP contribution in [-0.2, 0) is 26.0 Å². The van der Waals surface area contributed by atoms with Crippen molar-refractivity contribution in [2.24, 2.45) is 5.11 Å². The van der Waals surface area contributed by atoms with Gasteiger partial charge in [-0.25, -0.2) is 0 Å². The molecule has 0 aliphatic heterocycles. The summed E-state index contributed by atoms with van der Waals surface area (Å²) in [6.07, 6.45) is 3.17. The normalized spacial score (nSPS) is 14.0. The average Bonchev–Trinajstić information content (AvgIpc) is 3.02. The van der Waals surface area contributed by atoms with Crippen molar-refractivity contribution in [3.05, 3.63) is 69.7 Å². The van der Waals surface area contributed by atoms with Crippen LogP contribution >= 0.6 is 0 Å². The van der Waals surface area contributed by atoms with Gasteiger partial charge < -0.3 is 4.74 Å². The second kappa shape index (κ2) is 7.10. The van der Waals surface area contributed by atoms with E-state index in [9.17, 15) is 0 Å². The molecule has 4 rings (SSSR count). The number of hydrogen-bond acceptors (Lipinski definition) is 3. The van der Waals surface area contributed by atoms with Crippen molar-refractivity contribution in [1.29, 1.82) is 0 Å². The van der Waals surface area contributed by atoms with Crippen LogP contribution in [0.15, 0.2) is 47.6 Å². The first-order chi connectivity index (χ1) is 12.8. The zero-order valence-electron chi connectivity index (χ0n) is 14.8. The number of benzene rings is 2. The summed E-state index contributed by atoms with van der Waals surface area (Å²) in [5.41, 5.74) is 13.3. The van der Waals surface area contributed by atoms with Crippen molar-refractivity contribution in [1.82, 2.24) is 9.78 Å². The van der Waals surface area contributed by atoms with E-state index in [1.165, 1.54) is 10.9 Å². The highest BCUT2D eigenvalue weighted by atomic mass is 16.5. The predicted octanol–water partition coefficient (Wildman–Crippen LogP) is 4.80. The fourth-order valence-corrected chi connectivity index (χ4v) is 3.63. The summed E-state index contributed by atoms with van der Waals surface area (Å²) in [5, 5.41) is 9.83. The van der Waals surface area contributed by atoms with E-state index in [4.69, 9.17) is 15.4 Å². The van der Waals surface area contributed by atoms with Crippen molar-refractivity contribution in [3.8, 4) is 5.75 Å². The van der Waals surface area contributed by atoms with Crippen LogP contribution in [0.4, 0.5) is 0 Å². The molecule has 1 aliphatic rings. The molecule has 2 aromatic carbocycles. The Bertz CT molecular complexity index is 973. The van der Waals surface area contributed by atoms with Gasteiger partial charge in [-0.05, 0) is 42.0 Å². The molecule has 1 atom stereocenters. The zero-order valence-corrected chi connectivity index (χ0v) is 14.8. The highest BCUT2D eigenvalue weighted by Crippen LogP contribution is 2.36. The molecule has 132 valence electrons. The number of hydrogen-bond donors (Lipinski definition) is 0. The molecule has 0 saturated carbocycles. The monoisotopic (exact) mass is 347 g/mol. The molecule has 0 bridgehead atoms. The predicted molar refractivity (Wildman–Crippen MR) is 101 cm³/mol. The lowest BCUT2D eigenvalue weighted by Gasteiger charge is -2.15. The van der Waals surface area contributed by atoms with Gasteiger partial charge in [-0.3, -0.25) is 4.68 Å². The average molecular weight is 347 g/mol. The lowest BCUT2D eigenvalue weighted by Crippen LogP contribution is -2.12. The number of aryl methyl sites for hydroxylation is 2. The summed E-state index contributed by atoms with van der Waals surface area (Å²) in [4.78, 5) is 2.92. The molecule has 1 unspecified atom stereocenters. The van der Waals surface area contributed by atoms with Gasteiger partial charge in [-0.1, -0.05) is 48.4 Å². The Morgan fingerprint density at radius 3 is 2.88 bits per heavy atom. The summed E-state index contributed by atoms with van der Waals surface area (Å²) in [5.74, 6) is 0.835. The van der Waals surface area contributed by atoms with Gasteiger partial charge in [0.25, 0.3) is 0 Å². The van der Waals surface area contributed by atoms with Crippen LogP contribution in [0, 0.1) is 0 Å². The molecule has 0 fully saturated rings. The molecule has 0 N–H and O–H groups in total. The van der Waals surface area contributed by atoms with E-state index in [1.54, 1.807) is 0 Å². The Hall–Kier alpha value is -2.98. The third-order valence-electron chi connectivity index (χ3n) is 4.80. The molecule has 3 aromatic rings. The van der Waals surface area contributed by atoms with Crippen LogP contribution in [-0.4, -0.2) is 15.8 Å². The third kappa shape index (κ3) is 3.11. The first-order valence-electron chi connectivity index (χ1n) is 8.98. The molecule has 6 nitrogen and oxygen atoms in total. The molecular formula is C20H21N5O. The molecule has 0 radical (unpaired) electrons. The van der Waals surface area contributed by atoms with Crippen LogP contribution in [0.5, 0.6) is 5.75 Å². The molecule has 26 heavy (non-hydrogen) atoms. The Kier molecular flexibility index (Phi) is 4.50. The van der Waals surface area contributed by atoms with E-state index in [2.05, 4.69) is 28.2 Å². The largest absolute Gasteiger partial charge is 0.487 e. The number of nitrogens with zero attached hydrogens (tertiary/aromatic N) is 5. The SMILES string of the molecule is CC(Cn1nc2c3c(ccc(OCc4ccccc4)c31)CCC2)N=[N+]=[N-]. The van der Waals surface area contributed by atoms with E-state index >= 15 is 0 Å². The Morgan fingerprint density at radius 2 is 2.08 bits per heavy atom. The summed E-state index contributed by atoms with van der Waals surface area (Å²) in [6.45, 7) is 2.97. The third-order valence-corrected chi connectivity index (χ3v) is 4.80. The minimum Gasteiger partial charge on any atom is -0.487 e. The van der Waals surface area contributed by atoms with Crippen LogP contribution < -0.4 is 4.74 Å². The van der Waals surface area contributed by atoms with Gasteiger partial charge >= 0.3 is 0 Å². The number of rotatable bonds is 6. The summed E-state index contributed by atoms with van der Waals surface area (Å²) in [7, 11) is 0. The topological polar surface area (TPSA) is 75.8 Å². The Balaban J connectivity index is 1.74. The maximum absolute atomic E-state index is 8.70. The molecule has 1 heterocycles. The summed E-state index contributed by atoms with van der Waals surface area (Å²) >= 11 is 0.